The van der Waals surface area contributed by atoms with Crippen LogP contribution >= 0.6 is 11.6 Å². The highest BCUT2D eigenvalue weighted by Gasteiger charge is 2.04. The van der Waals surface area contributed by atoms with Crippen LogP contribution in [-0.2, 0) is 4.79 Å². The molecular weight excluding hydrogens is 304 g/mol. The number of nitrogens with zero attached hydrogens (tertiary/aromatic N) is 1. The first-order valence-electron chi connectivity index (χ1n) is 6.85. The van der Waals surface area contributed by atoms with Crippen molar-refractivity contribution in [2.45, 2.75) is 12.8 Å². The predicted octanol–water partition coefficient (Wildman–Crippen LogP) is 3.54. The number of nitrogens with one attached hydrogen (secondary N) is 1. The molecule has 0 spiro atoms. The van der Waals surface area contributed by atoms with E-state index in [1.165, 1.54) is 0 Å². The number of carbonyl (C=O) groups is 1. The van der Waals surface area contributed by atoms with Crippen molar-refractivity contribution in [2.24, 2.45) is 0 Å². The third-order valence-electron chi connectivity index (χ3n) is 2.87. The number of methoxy groups -OCH3 is 1. The number of pyridine rings is 1. The van der Waals surface area contributed by atoms with Crippen LogP contribution in [0, 0.1) is 0 Å². The van der Waals surface area contributed by atoms with Gasteiger partial charge < -0.3 is 14.8 Å². The Morgan fingerprint density at radius 2 is 1.95 bits per heavy atom. The highest BCUT2D eigenvalue weighted by Crippen LogP contribution is 2.17. The van der Waals surface area contributed by atoms with Gasteiger partial charge in [0.15, 0.2) is 0 Å². The van der Waals surface area contributed by atoms with Crippen LogP contribution in [0.4, 0.5) is 5.82 Å². The maximum Gasteiger partial charge on any atom is 0.225 e. The molecule has 1 heterocycles. The van der Waals surface area contributed by atoms with Crippen LogP contribution < -0.4 is 14.8 Å². The van der Waals surface area contributed by atoms with Crippen LogP contribution in [0.3, 0.4) is 0 Å². The second-order valence-corrected chi connectivity index (χ2v) is 4.97. The summed E-state index contributed by atoms with van der Waals surface area (Å²) >= 11 is 5.82. The van der Waals surface area contributed by atoms with Crippen LogP contribution in [-0.4, -0.2) is 24.6 Å². The molecular formula is C16H17ClN2O3. The Morgan fingerprint density at radius 3 is 2.64 bits per heavy atom. The maximum absolute atomic E-state index is 11.8. The minimum absolute atomic E-state index is 0.118. The fraction of sp³-hybridized carbons (Fsp3) is 0.250. The topological polar surface area (TPSA) is 60.5 Å². The fourth-order valence-electron chi connectivity index (χ4n) is 1.77. The van der Waals surface area contributed by atoms with Gasteiger partial charge in [-0.3, -0.25) is 4.79 Å². The Balaban J connectivity index is 1.68. The average Bonchev–Trinajstić information content (AvgIpc) is 2.52. The number of ether oxygens (including phenoxy) is 2. The minimum Gasteiger partial charge on any atom is -0.497 e. The number of carbonyl (C=O) groups excluding carboxylic acids is 1. The van der Waals surface area contributed by atoms with Gasteiger partial charge in [0.1, 0.15) is 17.3 Å². The zero-order chi connectivity index (χ0) is 15.8. The lowest BCUT2D eigenvalue weighted by molar-refractivity contribution is -0.116. The lowest BCUT2D eigenvalue weighted by Crippen LogP contribution is -2.13. The molecule has 5 nitrogen and oxygen atoms in total. The van der Waals surface area contributed by atoms with Crippen molar-refractivity contribution in [3.63, 3.8) is 0 Å². The molecule has 0 aliphatic carbocycles. The molecule has 0 bridgehead atoms. The predicted molar refractivity (Wildman–Crippen MR) is 85.6 cm³/mol. The van der Waals surface area contributed by atoms with Gasteiger partial charge in [-0.05, 0) is 42.8 Å². The van der Waals surface area contributed by atoms with Gasteiger partial charge >= 0.3 is 0 Å². The highest BCUT2D eigenvalue weighted by molar-refractivity contribution is 6.30. The quantitative estimate of drug-likeness (QED) is 0.793. The van der Waals surface area contributed by atoms with E-state index >= 15 is 0 Å². The van der Waals surface area contributed by atoms with Crippen LogP contribution in [0.5, 0.6) is 11.5 Å². The summed E-state index contributed by atoms with van der Waals surface area (Å²) in [4.78, 5) is 15.8. The summed E-state index contributed by atoms with van der Waals surface area (Å²) in [5, 5.41) is 3.23. The average molecular weight is 321 g/mol. The molecule has 0 aliphatic heterocycles. The monoisotopic (exact) mass is 320 g/mol. The Kier molecular flexibility index (Phi) is 6.03. The number of rotatable bonds is 7. The van der Waals surface area contributed by atoms with E-state index in [9.17, 15) is 4.79 Å². The number of aromatic nitrogens is 1. The van der Waals surface area contributed by atoms with E-state index in [0.29, 0.717) is 30.3 Å². The van der Waals surface area contributed by atoms with E-state index in [1.807, 2.05) is 24.3 Å². The van der Waals surface area contributed by atoms with E-state index in [2.05, 4.69) is 10.3 Å². The second kappa shape index (κ2) is 8.24. The summed E-state index contributed by atoms with van der Waals surface area (Å²) < 4.78 is 10.6. The van der Waals surface area contributed by atoms with Gasteiger partial charge in [0.2, 0.25) is 5.91 Å². The highest BCUT2D eigenvalue weighted by atomic mass is 35.5. The number of hydrogen-bond acceptors (Lipinski definition) is 4. The molecule has 1 amide bonds. The molecule has 0 unspecified atom stereocenters. The first-order valence-corrected chi connectivity index (χ1v) is 7.23. The molecule has 0 fully saturated rings. The summed E-state index contributed by atoms with van der Waals surface area (Å²) in [5.74, 6) is 1.86. The maximum atomic E-state index is 11.8. The van der Waals surface area contributed by atoms with Gasteiger partial charge in [-0.1, -0.05) is 11.6 Å². The summed E-state index contributed by atoms with van der Waals surface area (Å²) in [7, 11) is 1.61. The van der Waals surface area contributed by atoms with E-state index in [4.69, 9.17) is 21.1 Å². The summed E-state index contributed by atoms with van der Waals surface area (Å²) in [6.07, 6.45) is 2.51. The molecule has 6 heteroatoms. The van der Waals surface area contributed by atoms with Crippen molar-refractivity contribution >= 4 is 23.3 Å². The molecule has 1 N–H and O–H groups in total. The molecule has 2 rings (SSSR count). The van der Waals surface area contributed by atoms with Crippen molar-refractivity contribution in [3.05, 3.63) is 47.6 Å². The molecule has 0 atom stereocenters. The van der Waals surface area contributed by atoms with Gasteiger partial charge in [-0.15, -0.1) is 0 Å². The first kappa shape index (κ1) is 16.1. The van der Waals surface area contributed by atoms with Crippen molar-refractivity contribution in [3.8, 4) is 11.5 Å². The zero-order valence-electron chi connectivity index (χ0n) is 12.2. The molecule has 0 saturated carbocycles. The number of anilines is 1. The molecule has 1 aromatic carbocycles. The van der Waals surface area contributed by atoms with Gasteiger partial charge in [0.05, 0.1) is 13.7 Å². The van der Waals surface area contributed by atoms with E-state index in [1.54, 1.807) is 25.4 Å². The minimum atomic E-state index is -0.118. The van der Waals surface area contributed by atoms with Crippen LogP contribution in [0.1, 0.15) is 12.8 Å². The Hall–Kier alpha value is -2.27. The summed E-state index contributed by atoms with van der Waals surface area (Å²) in [5.41, 5.74) is 0. The zero-order valence-corrected chi connectivity index (χ0v) is 13.0. The van der Waals surface area contributed by atoms with Crippen molar-refractivity contribution in [1.82, 2.24) is 4.98 Å². The van der Waals surface area contributed by atoms with Crippen molar-refractivity contribution in [2.75, 3.05) is 19.0 Å². The number of halogens is 1. The third kappa shape index (κ3) is 5.26. The van der Waals surface area contributed by atoms with Crippen molar-refractivity contribution < 1.29 is 14.3 Å². The van der Waals surface area contributed by atoms with Gasteiger partial charge in [-0.2, -0.15) is 0 Å². The molecule has 116 valence electrons. The lowest BCUT2D eigenvalue weighted by Gasteiger charge is -2.07. The Labute approximate surface area is 134 Å². The first-order chi connectivity index (χ1) is 10.7. The third-order valence-corrected chi connectivity index (χ3v) is 3.10. The smallest absolute Gasteiger partial charge is 0.225 e. The fourth-order valence-corrected chi connectivity index (χ4v) is 1.93. The number of benzene rings is 1. The SMILES string of the molecule is COc1ccc(OCCCC(=O)Nc2cc(Cl)ccn2)cc1. The van der Waals surface area contributed by atoms with Crippen LogP contribution in [0.2, 0.25) is 5.02 Å². The van der Waals surface area contributed by atoms with Crippen LogP contribution in [0.15, 0.2) is 42.6 Å². The van der Waals surface area contributed by atoms with Crippen molar-refractivity contribution in [1.29, 1.82) is 0 Å². The van der Waals surface area contributed by atoms with Gasteiger partial charge in [-0.25, -0.2) is 4.98 Å². The lowest BCUT2D eigenvalue weighted by atomic mass is 10.3. The normalized spacial score (nSPS) is 10.1. The molecule has 1 aromatic heterocycles. The summed E-state index contributed by atoms with van der Waals surface area (Å²) in [6.45, 7) is 0.461. The largest absolute Gasteiger partial charge is 0.497 e. The Bertz CT molecular complexity index is 617. The molecule has 0 radical (unpaired) electrons. The van der Waals surface area contributed by atoms with Crippen LogP contribution in [0.25, 0.3) is 0 Å². The number of amides is 1. The molecule has 0 saturated heterocycles. The van der Waals surface area contributed by atoms with E-state index in [0.717, 1.165) is 11.5 Å². The molecule has 22 heavy (non-hydrogen) atoms. The van der Waals surface area contributed by atoms with Gasteiger partial charge in [0.25, 0.3) is 0 Å². The second-order valence-electron chi connectivity index (χ2n) is 4.54. The molecule has 2 aromatic rings. The van der Waals surface area contributed by atoms with E-state index < -0.39 is 0 Å². The standard InChI is InChI=1S/C16H17ClN2O3/c1-21-13-4-6-14(7-5-13)22-10-2-3-16(20)19-15-11-12(17)8-9-18-15/h4-9,11H,2-3,10H2,1H3,(H,18,19,20). The van der Waals surface area contributed by atoms with E-state index in [-0.39, 0.29) is 5.91 Å². The van der Waals surface area contributed by atoms with Gasteiger partial charge in [0, 0.05) is 17.6 Å². The Morgan fingerprint density at radius 1 is 1.23 bits per heavy atom. The summed E-state index contributed by atoms with van der Waals surface area (Å²) in [6, 6.07) is 10.6. The number of hydrogen-bond donors (Lipinski definition) is 1. The molecule has 0 aliphatic rings.